The number of piperazine rings is 1. The summed E-state index contributed by atoms with van der Waals surface area (Å²) in [6, 6.07) is 8.44. The minimum absolute atomic E-state index is 0.249. The molecule has 110 valence electrons. The second-order valence-corrected chi connectivity index (χ2v) is 5.01. The Balaban J connectivity index is 1.94. The number of aliphatic hydroxyl groups is 1. The van der Waals surface area contributed by atoms with Crippen LogP contribution in [0.5, 0.6) is 5.75 Å². The third kappa shape index (κ3) is 4.07. The van der Waals surface area contributed by atoms with E-state index in [0.29, 0.717) is 6.04 Å². The molecule has 0 aliphatic carbocycles. The van der Waals surface area contributed by atoms with Gasteiger partial charge in [0.05, 0.1) is 7.11 Å². The molecule has 1 aliphatic rings. The highest BCUT2D eigenvalue weighted by Crippen LogP contribution is 2.18. The number of ether oxygens (including phenoxy) is 1. The maximum Gasteiger partial charge on any atom is 0.126 e. The van der Waals surface area contributed by atoms with E-state index in [0.717, 1.165) is 43.9 Å². The molecule has 0 saturated carbocycles. The summed E-state index contributed by atoms with van der Waals surface area (Å²) in [5.41, 5.74) is 1.10. The van der Waals surface area contributed by atoms with Crippen molar-refractivity contribution in [2.75, 3.05) is 39.9 Å². The summed E-state index contributed by atoms with van der Waals surface area (Å²) in [6.07, 6.45) is 5.11. The Hall–Kier alpha value is -1.36. The second-order valence-electron chi connectivity index (χ2n) is 5.01. The van der Waals surface area contributed by atoms with Crippen molar-refractivity contribution in [3.05, 3.63) is 35.9 Å². The molecule has 1 aromatic rings. The second kappa shape index (κ2) is 8.04. The first-order valence-corrected chi connectivity index (χ1v) is 7.20. The van der Waals surface area contributed by atoms with Gasteiger partial charge in [-0.25, -0.2) is 0 Å². The Morgan fingerprint density at radius 1 is 1.45 bits per heavy atom. The van der Waals surface area contributed by atoms with E-state index in [1.807, 2.05) is 18.2 Å². The summed E-state index contributed by atoms with van der Waals surface area (Å²) in [4.78, 5) is 2.42. The van der Waals surface area contributed by atoms with Crippen molar-refractivity contribution in [1.82, 2.24) is 10.2 Å². The molecule has 4 nitrogen and oxygen atoms in total. The normalized spacial score (nSPS) is 20.4. The molecule has 1 fully saturated rings. The predicted octanol–water partition coefficient (Wildman–Crippen LogP) is 1.36. The molecular formula is C16H24N2O2. The lowest BCUT2D eigenvalue weighted by molar-refractivity contribution is 0.143. The molecular weight excluding hydrogens is 252 g/mol. The van der Waals surface area contributed by atoms with Crippen molar-refractivity contribution in [1.29, 1.82) is 0 Å². The van der Waals surface area contributed by atoms with Crippen LogP contribution in [0.4, 0.5) is 0 Å². The van der Waals surface area contributed by atoms with Crippen molar-refractivity contribution >= 4 is 6.08 Å². The van der Waals surface area contributed by atoms with Crippen LogP contribution in [0.1, 0.15) is 12.0 Å². The van der Waals surface area contributed by atoms with Gasteiger partial charge in [-0.2, -0.15) is 0 Å². The Bertz CT molecular complexity index is 432. The van der Waals surface area contributed by atoms with Gasteiger partial charge in [-0.15, -0.1) is 0 Å². The van der Waals surface area contributed by atoms with Gasteiger partial charge in [0.2, 0.25) is 0 Å². The molecule has 2 N–H and O–H groups in total. The lowest BCUT2D eigenvalue weighted by Gasteiger charge is -2.35. The molecule has 0 spiro atoms. The van der Waals surface area contributed by atoms with E-state index in [1.165, 1.54) is 0 Å². The minimum Gasteiger partial charge on any atom is -0.496 e. The fraction of sp³-hybridized carbons (Fsp3) is 0.500. The zero-order valence-corrected chi connectivity index (χ0v) is 12.1. The molecule has 0 radical (unpaired) electrons. The fourth-order valence-electron chi connectivity index (χ4n) is 2.60. The third-order valence-corrected chi connectivity index (χ3v) is 3.71. The number of para-hydroxylation sites is 1. The minimum atomic E-state index is 0.249. The molecule has 20 heavy (non-hydrogen) atoms. The number of methoxy groups -OCH3 is 1. The lowest BCUT2D eigenvalue weighted by atomic mass is 10.1. The van der Waals surface area contributed by atoms with E-state index in [9.17, 15) is 0 Å². The summed E-state index contributed by atoms with van der Waals surface area (Å²) < 4.78 is 5.34. The molecule has 0 bridgehead atoms. The average Bonchev–Trinajstić information content (AvgIpc) is 2.50. The first-order valence-electron chi connectivity index (χ1n) is 7.20. The third-order valence-electron chi connectivity index (χ3n) is 3.71. The maximum atomic E-state index is 9.12. The van der Waals surface area contributed by atoms with Gasteiger partial charge in [0.15, 0.2) is 0 Å². The molecule has 4 heteroatoms. The zero-order valence-electron chi connectivity index (χ0n) is 12.1. The number of benzene rings is 1. The summed E-state index contributed by atoms with van der Waals surface area (Å²) in [5.74, 6) is 0.899. The first kappa shape index (κ1) is 15.0. The molecule has 0 amide bonds. The topological polar surface area (TPSA) is 44.7 Å². The Kier molecular flexibility index (Phi) is 6.05. The number of rotatable bonds is 6. The van der Waals surface area contributed by atoms with Gasteiger partial charge in [0.1, 0.15) is 5.75 Å². The zero-order chi connectivity index (χ0) is 14.2. The summed E-state index contributed by atoms with van der Waals surface area (Å²) >= 11 is 0. The van der Waals surface area contributed by atoms with Gasteiger partial charge in [0, 0.05) is 44.4 Å². The van der Waals surface area contributed by atoms with E-state index in [1.54, 1.807) is 7.11 Å². The van der Waals surface area contributed by atoms with Gasteiger partial charge in [-0.05, 0) is 12.5 Å². The largest absolute Gasteiger partial charge is 0.496 e. The van der Waals surface area contributed by atoms with Gasteiger partial charge >= 0.3 is 0 Å². The maximum absolute atomic E-state index is 9.12. The van der Waals surface area contributed by atoms with Crippen LogP contribution in [0.2, 0.25) is 0 Å². The Labute approximate surface area is 121 Å². The highest BCUT2D eigenvalue weighted by molar-refractivity contribution is 5.57. The van der Waals surface area contributed by atoms with Crippen LogP contribution >= 0.6 is 0 Å². The fourth-order valence-corrected chi connectivity index (χ4v) is 2.60. The van der Waals surface area contributed by atoms with Gasteiger partial charge in [-0.1, -0.05) is 30.4 Å². The van der Waals surface area contributed by atoms with E-state index >= 15 is 0 Å². The van der Waals surface area contributed by atoms with E-state index in [2.05, 4.69) is 28.4 Å². The smallest absolute Gasteiger partial charge is 0.126 e. The summed E-state index contributed by atoms with van der Waals surface area (Å²) in [7, 11) is 1.69. The molecule has 0 unspecified atom stereocenters. The number of nitrogens with zero attached hydrogens (tertiary/aromatic N) is 1. The number of nitrogens with one attached hydrogen (secondary N) is 1. The Morgan fingerprint density at radius 2 is 2.30 bits per heavy atom. The quantitative estimate of drug-likeness (QED) is 0.823. The molecule has 1 heterocycles. The molecule has 2 rings (SSSR count). The highest BCUT2D eigenvalue weighted by Gasteiger charge is 2.20. The summed E-state index contributed by atoms with van der Waals surface area (Å²) in [5, 5.41) is 12.5. The number of hydrogen-bond donors (Lipinski definition) is 2. The predicted molar refractivity (Wildman–Crippen MR) is 82.0 cm³/mol. The van der Waals surface area contributed by atoms with Crippen molar-refractivity contribution in [2.45, 2.75) is 12.5 Å². The monoisotopic (exact) mass is 276 g/mol. The molecule has 1 aliphatic heterocycles. The summed E-state index contributed by atoms with van der Waals surface area (Å²) in [6.45, 7) is 4.16. The first-order chi connectivity index (χ1) is 9.85. The average molecular weight is 276 g/mol. The Morgan fingerprint density at radius 3 is 3.10 bits per heavy atom. The van der Waals surface area contributed by atoms with Crippen LogP contribution in [-0.2, 0) is 0 Å². The van der Waals surface area contributed by atoms with Crippen molar-refractivity contribution in [3.8, 4) is 5.75 Å². The van der Waals surface area contributed by atoms with Crippen LogP contribution in [0.15, 0.2) is 30.3 Å². The van der Waals surface area contributed by atoms with Crippen LogP contribution in [0.25, 0.3) is 6.08 Å². The van der Waals surface area contributed by atoms with Crippen molar-refractivity contribution < 1.29 is 9.84 Å². The van der Waals surface area contributed by atoms with E-state index in [4.69, 9.17) is 9.84 Å². The number of aliphatic hydroxyl groups excluding tert-OH is 1. The standard InChI is InChI=1S/C16H24N2O2/c1-20-16-7-3-2-5-14(16)6-4-10-18-11-9-17-13-15(18)8-12-19/h2-7,15,17,19H,8-13H2,1H3/b6-4+/t15-/m0/s1. The van der Waals surface area contributed by atoms with Gasteiger partial charge in [-0.3, -0.25) is 4.90 Å². The van der Waals surface area contributed by atoms with E-state index < -0.39 is 0 Å². The molecule has 1 aromatic carbocycles. The van der Waals surface area contributed by atoms with Crippen LogP contribution in [0, 0.1) is 0 Å². The lowest BCUT2D eigenvalue weighted by Crippen LogP contribution is -2.51. The van der Waals surface area contributed by atoms with E-state index in [-0.39, 0.29) is 6.61 Å². The molecule has 1 saturated heterocycles. The van der Waals surface area contributed by atoms with Gasteiger partial charge < -0.3 is 15.2 Å². The highest BCUT2D eigenvalue weighted by atomic mass is 16.5. The molecule has 0 aromatic heterocycles. The molecule has 1 atom stereocenters. The van der Waals surface area contributed by atoms with Crippen LogP contribution in [0.3, 0.4) is 0 Å². The van der Waals surface area contributed by atoms with Gasteiger partial charge in [0.25, 0.3) is 0 Å². The SMILES string of the molecule is COc1ccccc1/C=C/CN1CCNC[C@@H]1CCO. The van der Waals surface area contributed by atoms with Crippen molar-refractivity contribution in [3.63, 3.8) is 0 Å². The van der Waals surface area contributed by atoms with Crippen LogP contribution in [-0.4, -0.2) is 55.9 Å². The van der Waals surface area contributed by atoms with Crippen molar-refractivity contribution in [2.24, 2.45) is 0 Å². The number of hydrogen-bond acceptors (Lipinski definition) is 4. The van der Waals surface area contributed by atoms with Crippen LogP contribution < -0.4 is 10.1 Å².